The number of rotatable bonds is 7. The molecule has 1 aromatic rings. The molecule has 106 valence electrons. The summed E-state index contributed by atoms with van der Waals surface area (Å²) in [5, 5.41) is 3.46. The third kappa shape index (κ3) is 5.08. The summed E-state index contributed by atoms with van der Waals surface area (Å²) in [4.78, 5) is 16.3. The van der Waals surface area contributed by atoms with Gasteiger partial charge in [0.25, 0.3) is 5.91 Å². The molecule has 0 aliphatic carbocycles. The van der Waals surface area contributed by atoms with Gasteiger partial charge in [0, 0.05) is 23.1 Å². The largest absolute Gasteiger partial charge is 0.352 e. The molecule has 1 atom stereocenters. The average molecular weight is 282 g/mol. The number of anilines is 1. The molecule has 0 bridgehead atoms. The molecular formula is C13H22N4OS. The van der Waals surface area contributed by atoms with E-state index < -0.39 is 0 Å². The summed E-state index contributed by atoms with van der Waals surface area (Å²) >= 11 is 1.80. The van der Waals surface area contributed by atoms with Crippen LogP contribution in [0.15, 0.2) is 12.1 Å². The van der Waals surface area contributed by atoms with Crippen molar-refractivity contribution >= 4 is 23.5 Å². The van der Waals surface area contributed by atoms with Gasteiger partial charge >= 0.3 is 0 Å². The van der Waals surface area contributed by atoms with Gasteiger partial charge in [0.15, 0.2) is 0 Å². The van der Waals surface area contributed by atoms with Crippen molar-refractivity contribution in [3.63, 3.8) is 0 Å². The number of nitrogens with two attached hydrogens (primary N) is 1. The molecule has 0 fully saturated rings. The summed E-state index contributed by atoms with van der Waals surface area (Å²) in [6.45, 7) is 4.81. The van der Waals surface area contributed by atoms with Crippen LogP contribution in [0.1, 0.15) is 36.3 Å². The van der Waals surface area contributed by atoms with Gasteiger partial charge in [-0.2, -0.15) is 11.8 Å². The Morgan fingerprint density at radius 3 is 2.84 bits per heavy atom. The molecule has 0 aromatic carbocycles. The lowest BCUT2D eigenvalue weighted by atomic mass is 10.2. The van der Waals surface area contributed by atoms with E-state index in [1.807, 2.05) is 6.92 Å². The second-order valence-electron chi connectivity index (χ2n) is 4.32. The molecule has 0 saturated carbocycles. The smallest absolute Gasteiger partial charge is 0.251 e. The third-order valence-corrected chi connectivity index (χ3v) is 3.93. The molecule has 0 aliphatic heterocycles. The average Bonchev–Trinajstić information content (AvgIpc) is 2.46. The molecule has 19 heavy (non-hydrogen) atoms. The van der Waals surface area contributed by atoms with Crippen molar-refractivity contribution in [2.24, 2.45) is 5.84 Å². The minimum Gasteiger partial charge on any atom is -0.352 e. The summed E-state index contributed by atoms with van der Waals surface area (Å²) in [5.74, 6) is 5.79. The molecule has 1 rings (SSSR count). The molecule has 1 aromatic heterocycles. The summed E-state index contributed by atoms with van der Waals surface area (Å²) < 4.78 is 0. The Bertz CT molecular complexity index is 403. The van der Waals surface area contributed by atoms with Gasteiger partial charge in [0.1, 0.15) is 5.82 Å². The van der Waals surface area contributed by atoms with Crippen molar-refractivity contribution in [3.8, 4) is 0 Å². The maximum atomic E-state index is 12.0. The van der Waals surface area contributed by atoms with Crippen LogP contribution in [0.5, 0.6) is 0 Å². The lowest BCUT2D eigenvalue weighted by Gasteiger charge is -2.10. The fourth-order valence-electron chi connectivity index (χ4n) is 1.58. The van der Waals surface area contributed by atoms with Crippen molar-refractivity contribution in [3.05, 3.63) is 23.4 Å². The van der Waals surface area contributed by atoms with E-state index in [4.69, 9.17) is 5.84 Å². The Hall–Kier alpha value is -1.27. The molecule has 0 spiro atoms. The van der Waals surface area contributed by atoms with Gasteiger partial charge in [0.2, 0.25) is 0 Å². The van der Waals surface area contributed by atoms with Gasteiger partial charge in [-0.05, 0) is 31.2 Å². The molecule has 0 saturated heterocycles. The highest BCUT2D eigenvalue weighted by molar-refractivity contribution is 7.99. The number of hydrazine groups is 1. The first kappa shape index (κ1) is 15.8. The first-order chi connectivity index (χ1) is 9.10. The highest BCUT2D eigenvalue weighted by Crippen LogP contribution is 2.11. The van der Waals surface area contributed by atoms with E-state index >= 15 is 0 Å². The zero-order valence-electron chi connectivity index (χ0n) is 11.7. The van der Waals surface area contributed by atoms with E-state index in [0.717, 1.165) is 18.5 Å². The normalized spacial score (nSPS) is 12.0. The van der Waals surface area contributed by atoms with Gasteiger partial charge in [-0.3, -0.25) is 4.79 Å². The molecule has 1 unspecified atom stereocenters. The molecule has 1 heterocycles. The lowest BCUT2D eigenvalue weighted by Crippen LogP contribution is -2.26. The van der Waals surface area contributed by atoms with E-state index in [2.05, 4.69) is 28.9 Å². The number of carbonyl (C=O) groups excluding carboxylic acids is 1. The fourth-order valence-corrected chi connectivity index (χ4v) is 1.94. The van der Waals surface area contributed by atoms with Crippen LogP contribution in [0.4, 0.5) is 5.82 Å². The number of hydrogen-bond acceptors (Lipinski definition) is 5. The van der Waals surface area contributed by atoms with E-state index in [0.29, 0.717) is 23.2 Å². The maximum absolute atomic E-state index is 12.0. The second-order valence-corrected chi connectivity index (χ2v) is 5.60. The topological polar surface area (TPSA) is 80.0 Å². The first-order valence-corrected chi connectivity index (χ1v) is 7.68. The number of nitrogen functional groups attached to an aromatic ring is 1. The molecule has 0 aliphatic rings. The molecule has 1 amide bonds. The van der Waals surface area contributed by atoms with Crippen LogP contribution in [0.25, 0.3) is 0 Å². The fraction of sp³-hybridized carbons (Fsp3) is 0.538. The molecule has 5 nitrogen and oxygen atoms in total. The summed E-state index contributed by atoms with van der Waals surface area (Å²) in [5.41, 5.74) is 3.93. The van der Waals surface area contributed by atoms with Crippen molar-refractivity contribution in [2.45, 2.75) is 31.9 Å². The van der Waals surface area contributed by atoms with E-state index in [1.54, 1.807) is 23.9 Å². The summed E-state index contributed by atoms with van der Waals surface area (Å²) in [6, 6.07) is 3.46. The lowest BCUT2D eigenvalue weighted by molar-refractivity contribution is 0.0953. The number of carbonyl (C=O) groups is 1. The van der Waals surface area contributed by atoms with Gasteiger partial charge < -0.3 is 10.7 Å². The minimum atomic E-state index is -0.0816. The van der Waals surface area contributed by atoms with Gasteiger partial charge in [-0.15, -0.1) is 0 Å². The van der Waals surface area contributed by atoms with E-state index in [1.165, 1.54) is 0 Å². The van der Waals surface area contributed by atoms with Crippen molar-refractivity contribution < 1.29 is 4.79 Å². The van der Waals surface area contributed by atoms with Gasteiger partial charge in [-0.1, -0.05) is 13.8 Å². The first-order valence-electron chi connectivity index (χ1n) is 6.39. The zero-order chi connectivity index (χ0) is 14.3. The Morgan fingerprint density at radius 1 is 1.53 bits per heavy atom. The van der Waals surface area contributed by atoms with Crippen molar-refractivity contribution in [1.29, 1.82) is 0 Å². The number of aryl methyl sites for hydroxylation is 1. The highest BCUT2D eigenvalue weighted by Gasteiger charge is 2.09. The number of nitrogens with zero attached hydrogens (tertiary/aromatic N) is 1. The number of nitrogens with one attached hydrogen (secondary N) is 2. The van der Waals surface area contributed by atoms with Gasteiger partial charge in [-0.25, -0.2) is 10.8 Å². The Balaban J connectivity index is 2.65. The Morgan fingerprint density at radius 2 is 2.26 bits per heavy atom. The standard InChI is InChI=1S/C13H22N4OS/c1-4-11-7-10(8-12(16-11)17-14)13(18)15-6-5-9(2)19-3/h7-9H,4-6,14H2,1-3H3,(H,15,18)(H,16,17). The van der Waals surface area contributed by atoms with Crippen LogP contribution >= 0.6 is 11.8 Å². The minimum absolute atomic E-state index is 0.0816. The Kier molecular flexibility index (Phi) is 6.66. The molecule has 6 heteroatoms. The van der Waals surface area contributed by atoms with Crippen LogP contribution in [-0.4, -0.2) is 28.9 Å². The molecule has 0 radical (unpaired) electrons. The van der Waals surface area contributed by atoms with E-state index in [-0.39, 0.29) is 5.91 Å². The number of pyridine rings is 1. The van der Waals surface area contributed by atoms with Crippen LogP contribution in [0, 0.1) is 0 Å². The SMILES string of the molecule is CCc1cc(C(=O)NCCC(C)SC)cc(NN)n1. The van der Waals surface area contributed by atoms with Crippen molar-refractivity contribution in [2.75, 3.05) is 18.2 Å². The van der Waals surface area contributed by atoms with Crippen molar-refractivity contribution in [1.82, 2.24) is 10.3 Å². The highest BCUT2D eigenvalue weighted by atomic mass is 32.2. The quantitative estimate of drug-likeness (QED) is 0.525. The predicted molar refractivity (Wildman–Crippen MR) is 81.4 cm³/mol. The van der Waals surface area contributed by atoms with Crippen LogP contribution in [0.3, 0.4) is 0 Å². The third-order valence-electron chi connectivity index (χ3n) is 2.89. The van der Waals surface area contributed by atoms with Crippen LogP contribution in [-0.2, 0) is 6.42 Å². The monoisotopic (exact) mass is 282 g/mol. The predicted octanol–water partition coefficient (Wildman–Crippen LogP) is 1.80. The number of amides is 1. The number of thioether (sulfide) groups is 1. The summed E-state index contributed by atoms with van der Waals surface area (Å²) in [7, 11) is 0. The summed E-state index contributed by atoms with van der Waals surface area (Å²) in [6.07, 6.45) is 3.79. The van der Waals surface area contributed by atoms with E-state index in [9.17, 15) is 4.79 Å². The van der Waals surface area contributed by atoms with Crippen LogP contribution in [0.2, 0.25) is 0 Å². The molecular weight excluding hydrogens is 260 g/mol. The van der Waals surface area contributed by atoms with Gasteiger partial charge in [0.05, 0.1) is 0 Å². The zero-order valence-corrected chi connectivity index (χ0v) is 12.5. The maximum Gasteiger partial charge on any atom is 0.251 e. The number of aromatic nitrogens is 1. The van der Waals surface area contributed by atoms with Crippen LogP contribution < -0.4 is 16.6 Å². The molecule has 4 N–H and O–H groups in total. The Labute approximate surface area is 118 Å². The number of hydrogen-bond donors (Lipinski definition) is 3. The second kappa shape index (κ2) is 8.01.